The highest BCUT2D eigenvalue weighted by Gasteiger charge is 2.49. The van der Waals surface area contributed by atoms with Gasteiger partial charge in [-0.3, -0.25) is 0 Å². The van der Waals surface area contributed by atoms with Gasteiger partial charge in [0.2, 0.25) is 0 Å². The third-order valence-corrected chi connectivity index (χ3v) is 1.87. The summed E-state index contributed by atoms with van der Waals surface area (Å²) in [5.41, 5.74) is -5.56. The van der Waals surface area contributed by atoms with Crippen molar-refractivity contribution in [1.29, 1.82) is 0 Å². The van der Waals surface area contributed by atoms with E-state index in [-0.39, 0.29) is 7.05 Å². The Labute approximate surface area is 54.2 Å². The summed E-state index contributed by atoms with van der Waals surface area (Å²) >= 11 is 0. The van der Waals surface area contributed by atoms with Crippen LogP contribution in [0.15, 0.2) is 0 Å². The van der Waals surface area contributed by atoms with Crippen molar-refractivity contribution < 1.29 is 26.1 Å². The van der Waals surface area contributed by atoms with E-state index in [1.54, 1.807) is 0 Å². The van der Waals surface area contributed by atoms with Crippen LogP contribution in [0.3, 0.4) is 0 Å². The smallest absolute Gasteiger partial charge is 0.200 e. The van der Waals surface area contributed by atoms with Crippen molar-refractivity contribution in [3.63, 3.8) is 0 Å². The van der Waals surface area contributed by atoms with E-state index in [9.17, 15) is 26.1 Å². The summed E-state index contributed by atoms with van der Waals surface area (Å²) in [5.74, 6) is 0. The minimum atomic E-state index is -5.75. The molecular formula is C2H3F4NO2S. The van der Waals surface area contributed by atoms with E-state index in [4.69, 9.17) is 0 Å². The van der Waals surface area contributed by atoms with Gasteiger partial charge in [0, 0.05) is 7.05 Å². The molecule has 0 saturated carbocycles. The molecule has 3 nitrogen and oxygen atoms in total. The maximum atomic E-state index is 11.5. The molecule has 0 atom stereocenters. The maximum Gasteiger partial charge on any atom is 0.513 e. The topological polar surface area (TPSA) is 37.4 Å². The highest BCUT2D eigenvalue weighted by atomic mass is 32.2. The van der Waals surface area contributed by atoms with Crippen LogP contribution in [0, 0.1) is 0 Å². The van der Waals surface area contributed by atoms with Crippen molar-refractivity contribution in [2.75, 3.05) is 7.05 Å². The molecule has 0 radical (unpaired) electrons. The zero-order chi connectivity index (χ0) is 8.58. The van der Waals surface area contributed by atoms with Gasteiger partial charge in [0.05, 0.1) is 0 Å². The molecule has 0 unspecified atom stereocenters. The highest BCUT2D eigenvalue weighted by Crippen LogP contribution is 2.25. The van der Waals surface area contributed by atoms with Crippen LogP contribution >= 0.6 is 0 Å². The molecule has 0 saturated heterocycles. The Balaban J connectivity index is 4.79. The average Bonchev–Trinajstić information content (AvgIpc) is 1.62. The lowest BCUT2D eigenvalue weighted by molar-refractivity contribution is -0.0549. The maximum absolute atomic E-state index is 11.5. The predicted octanol–water partition coefficient (Wildman–Crippen LogP) is 0.652. The van der Waals surface area contributed by atoms with E-state index in [1.165, 1.54) is 0 Å². The van der Waals surface area contributed by atoms with E-state index < -0.39 is 20.1 Å². The van der Waals surface area contributed by atoms with Crippen molar-refractivity contribution in [3.8, 4) is 0 Å². The van der Waals surface area contributed by atoms with Crippen molar-refractivity contribution in [1.82, 2.24) is 4.53 Å². The lowest BCUT2D eigenvalue weighted by Gasteiger charge is -2.08. The molecule has 0 aliphatic carbocycles. The Kier molecular flexibility index (Phi) is 2.26. The first kappa shape index (κ1) is 9.63. The van der Waals surface area contributed by atoms with E-state index in [0.29, 0.717) is 0 Å². The summed E-state index contributed by atoms with van der Waals surface area (Å²) in [6.45, 7) is 0. The van der Waals surface area contributed by atoms with Crippen LogP contribution in [0.2, 0.25) is 0 Å². The largest absolute Gasteiger partial charge is 0.513 e. The lowest BCUT2D eigenvalue weighted by Crippen LogP contribution is -2.33. The Morgan fingerprint density at radius 3 is 1.60 bits per heavy atom. The van der Waals surface area contributed by atoms with Crippen LogP contribution in [-0.2, 0) is 10.0 Å². The van der Waals surface area contributed by atoms with E-state index in [1.807, 2.05) is 0 Å². The second-order valence-corrected chi connectivity index (χ2v) is 3.26. The van der Waals surface area contributed by atoms with Crippen molar-refractivity contribution >= 4 is 10.0 Å². The molecule has 0 bridgehead atoms. The third kappa shape index (κ3) is 1.57. The summed E-state index contributed by atoms with van der Waals surface area (Å²) in [4.78, 5) is 0. The summed E-state index contributed by atoms with van der Waals surface area (Å²) in [5, 5.41) is 0. The first-order chi connectivity index (χ1) is 4.19. The Hall–Kier alpha value is -0.370. The monoisotopic (exact) mass is 181 g/mol. The number of sulfonamides is 1. The van der Waals surface area contributed by atoms with Crippen LogP contribution < -0.4 is 0 Å². The third-order valence-electron chi connectivity index (χ3n) is 0.624. The second kappa shape index (κ2) is 2.35. The molecule has 0 N–H and O–H groups in total. The quantitative estimate of drug-likeness (QED) is 0.440. The summed E-state index contributed by atoms with van der Waals surface area (Å²) < 4.78 is 63.3. The molecule has 10 heavy (non-hydrogen) atoms. The van der Waals surface area contributed by atoms with Gasteiger partial charge in [-0.05, 0) is 4.53 Å². The first-order valence-corrected chi connectivity index (χ1v) is 3.34. The normalized spacial score (nSPS) is 14.2. The predicted molar refractivity (Wildman–Crippen MR) is 23.8 cm³/mol. The standard InChI is InChI=1S/C2H3F4NO2S/c1-7(6)10(8,9)2(3,4)5/h1H3. The minimum Gasteiger partial charge on any atom is -0.200 e. The summed E-state index contributed by atoms with van der Waals surface area (Å²) in [7, 11) is -5.59. The lowest BCUT2D eigenvalue weighted by atomic mass is 11.5. The Morgan fingerprint density at radius 1 is 1.30 bits per heavy atom. The molecule has 0 spiro atoms. The van der Waals surface area contributed by atoms with Gasteiger partial charge in [-0.1, -0.05) is 0 Å². The second-order valence-electron chi connectivity index (χ2n) is 1.34. The SMILES string of the molecule is CN(F)S(=O)(=O)C(F)(F)F. The first-order valence-electron chi connectivity index (χ1n) is 1.90. The van der Waals surface area contributed by atoms with Crippen molar-refractivity contribution in [3.05, 3.63) is 0 Å². The van der Waals surface area contributed by atoms with Gasteiger partial charge >= 0.3 is 15.5 Å². The van der Waals surface area contributed by atoms with E-state index in [0.717, 1.165) is 0 Å². The van der Waals surface area contributed by atoms with Gasteiger partial charge in [0.25, 0.3) is 0 Å². The van der Waals surface area contributed by atoms with E-state index >= 15 is 0 Å². The highest BCUT2D eigenvalue weighted by molar-refractivity contribution is 7.89. The molecule has 0 aliphatic heterocycles. The molecule has 0 heterocycles. The number of hydrogen-bond acceptors (Lipinski definition) is 2. The summed E-state index contributed by atoms with van der Waals surface area (Å²) in [6, 6.07) is 0. The van der Waals surface area contributed by atoms with Gasteiger partial charge < -0.3 is 0 Å². The van der Waals surface area contributed by atoms with Crippen LogP contribution in [-0.4, -0.2) is 25.5 Å². The van der Waals surface area contributed by atoms with Crippen LogP contribution in [0.1, 0.15) is 0 Å². The molecule has 0 rings (SSSR count). The van der Waals surface area contributed by atoms with E-state index in [2.05, 4.69) is 0 Å². The number of nitrogens with zero attached hydrogens (tertiary/aromatic N) is 1. The molecule has 8 heteroatoms. The fourth-order valence-electron chi connectivity index (χ4n) is 0.143. The molecule has 0 fully saturated rings. The van der Waals surface area contributed by atoms with Crippen LogP contribution in [0.25, 0.3) is 0 Å². The fraction of sp³-hybridized carbons (Fsp3) is 1.00. The van der Waals surface area contributed by atoms with Gasteiger partial charge in [-0.15, -0.1) is 4.48 Å². The van der Waals surface area contributed by atoms with Crippen molar-refractivity contribution in [2.45, 2.75) is 5.51 Å². The Morgan fingerprint density at radius 2 is 1.60 bits per heavy atom. The van der Waals surface area contributed by atoms with Gasteiger partial charge in [0.15, 0.2) is 0 Å². The average molecular weight is 181 g/mol. The van der Waals surface area contributed by atoms with Crippen LogP contribution in [0.5, 0.6) is 0 Å². The number of hydrogen-bond donors (Lipinski definition) is 0. The number of rotatable bonds is 1. The van der Waals surface area contributed by atoms with Crippen molar-refractivity contribution in [2.24, 2.45) is 0 Å². The molecule has 0 aromatic rings. The van der Waals surface area contributed by atoms with Gasteiger partial charge in [-0.25, -0.2) is 8.42 Å². The molecular weight excluding hydrogens is 178 g/mol. The van der Waals surface area contributed by atoms with Gasteiger partial charge in [-0.2, -0.15) is 13.2 Å². The number of halogens is 4. The molecule has 0 aliphatic rings. The zero-order valence-electron chi connectivity index (χ0n) is 4.68. The minimum absolute atomic E-state index is 0.156. The van der Waals surface area contributed by atoms with Crippen LogP contribution in [0.4, 0.5) is 17.7 Å². The molecule has 0 aromatic carbocycles. The number of alkyl halides is 3. The zero-order valence-corrected chi connectivity index (χ0v) is 5.50. The molecule has 62 valence electrons. The summed E-state index contributed by atoms with van der Waals surface area (Å²) in [6.07, 6.45) is 0. The molecule has 0 aromatic heterocycles. The Bertz CT molecular complexity index is 204. The van der Waals surface area contributed by atoms with Gasteiger partial charge in [0.1, 0.15) is 0 Å². The fourth-order valence-corrected chi connectivity index (χ4v) is 0.428. The molecule has 0 amide bonds.